The third kappa shape index (κ3) is 4.62. The SMILES string of the molecule is CC(C)(C)NC(=O)N1CCN(Cc2c(-c3ccc(F)cc3)nc3sc4cc(Cl)ccc4n23)CC1. The molecule has 3 heterocycles. The van der Waals surface area contributed by atoms with Gasteiger partial charge in [0.1, 0.15) is 5.82 Å². The van der Waals surface area contributed by atoms with E-state index in [0.29, 0.717) is 24.7 Å². The second kappa shape index (κ2) is 8.83. The molecule has 2 aromatic carbocycles. The molecule has 0 saturated carbocycles. The average Bonchev–Trinajstić information content (AvgIpc) is 3.29. The van der Waals surface area contributed by atoms with E-state index in [9.17, 15) is 9.18 Å². The van der Waals surface area contributed by atoms with Crippen LogP contribution in [0.5, 0.6) is 0 Å². The van der Waals surface area contributed by atoms with Crippen molar-refractivity contribution in [2.24, 2.45) is 0 Å². The van der Waals surface area contributed by atoms with Crippen LogP contribution in [0, 0.1) is 5.82 Å². The predicted octanol–water partition coefficient (Wildman–Crippen LogP) is 5.63. The van der Waals surface area contributed by atoms with Crippen molar-refractivity contribution in [3.8, 4) is 11.3 Å². The van der Waals surface area contributed by atoms with Gasteiger partial charge in [-0.3, -0.25) is 9.30 Å². The van der Waals surface area contributed by atoms with Crippen molar-refractivity contribution in [1.82, 2.24) is 24.5 Å². The lowest BCUT2D eigenvalue weighted by Gasteiger charge is -2.36. The first-order valence-corrected chi connectivity index (χ1v) is 12.5. The fourth-order valence-electron chi connectivity index (χ4n) is 4.31. The zero-order valence-electron chi connectivity index (χ0n) is 19.4. The van der Waals surface area contributed by atoms with Crippen LogP contribution in [-0.2, 0) is 6.54 Å². The molecule has 0 atom stereocenters. The van der Waals surface area contributed by atoms with Crippen molar-refractivity contribution in [3.63, 3.8) is 0 Å². The van der Waals surface area contributed by atoms with E-state index in [0.717, 1.165) is 45.2 Å². The number of rotatable bonds is 3. The topological polar surface area (TPSA) is 52.9 Å². The van der Waals surface area contributed by atoms with Crippen LogP contribution >= 0.6 is 22.9 Å². The van der Waals surface area contributed by atoms with Gasteiger partial charge in [-0.25, -0.2) is 14.2 Å². The summed E-state index contributed by atoms with van der Waals surface area (Å²) in [6, 6.07) is 12.3. The molecule has 178 valence electrons. The minimum atomic E-state index is -0.268. The van der Waals surface area contributed by atoms with E-state index in [-0.39, 0.29) is 17.4 Å². The monoisotopic (exact) mass is 499 g/mol. The van der Waals surface area contributed by atoms with Crippen LogP contribution in [0.3, 0.4) is 0 Å². The smallest absolute Gasteiger partial charge is 0.317 e. The largest absolute Gasteiger partial charge is 0.333 e. The fraction of sp³-hybridized carbons (Fsp3) is 0.360. The van der Waals surface area contributed by atoms with Gasteiger partial charge in [-0.05, 0) is 63.2 Å². The van der Waals surface area contributed by atoms with Crippen molar-refractivity contribution in [2.75, 3.05) is 26.2 Å². The molecule has 0 bridgehead atoms. The number of thiazole rings is 1. The Bertz CT molecular complexity index is 1350. The lowest BCUT2D eigenvalue weighted by molar-refractivity contribution is 0.130. The Balaban J connectivity index is 1.46. The fourth-order valence-corrected chi connectivity index (χ4v) is 5.63. The quantitative estimate of drug-likeness (QED) is 0.397. The van der Waals surface area contributed by atoms with Gasteiger partial charge in [0.25, 0.3) is 0 Å². The molecule has 0 spiro atoms. The molecule has 1 aliphatic heterocycles. The molecule has 0 unspecified atom stereocenters. The van der Waals surface area contributed by atoms with E-state index >= 15 is 0 Å². The van der Waals surface area contributed by atoms with Gasteiger partial charge < -0.3 is 10.2 Å². The Hall–Kier alpha value is -2.68. The minimum Gasteiger partial charge on any atom is -0.333 e. The average molecular weight is 500 g/mol. The Labute approximate surface area is 206 Å². The maximum absolute atomic E-state index is 13.6. The third-order valence-corrected chi connectivity index (χ3v) is 7.18. The number of nitrogens with one attached hydrogen (secondary N) is 1. The second-order valence-electron chi connectivity index (χ2n) is 9.69. The van der Waals surface area contributed by atoms with E-state index < -0.39 is 0 Å². The van der Waals surface area contributed by atoms with Gasteiger partial charge in [0.15, 0.2) is 4.96 Å². The number of hydrogen-bond acceptors (Lipinski definition) is 4. The molecule has 4 aromatic rings. The lowest BCUT2D eigenvalue weighted by Crippen LogP contribution is -2.54. The molecule has 1 saturated heterocycles. The van der Waals surface area contributed by atoms with Crippen molar-refractivity contribution in [3.05, 3.63) is 59.0 Å². The number of nitrogens with zero attached hydrogens (tertiary/aromatic N) is 4. The highest BCUT2D eigenvalue weighted by Gasteiger charge is 2.26. The molecular formula is C25H27ClFN5OS. The van der Waals surface area contributed by atoms with Gasteiger partial charge in [-0.2, -0.15) is 0 Å². The van der Waals surface area contributed by atoms with Gasteiger partial charge in [0.05, 0.1) is 21.6 Å². The molecule has 1 N–H and O–H groups in total. The molecular weight excluding hydrogens is 473 g/mol. The van der Waals surface area contributed by atoms with E-state index in [1.54, 1.807) is 23.5 Å². The highest BCUT2D eigenvalue weighted by molar-refractivity contribution is 7.23. The highest BCUT2D eigenvalue weighted by Crippen LogP contribution is 2.35. The van der Waals surface area contributed by atoms with E-state index in [1.165, 1.54) is 12.1 Å². The number of carbonyl (C=O) groups excluding carboxylic acids is 1. The number of imidazole rings is 1. The number of hydrogen-bond donors (Lipinski definition) is 1. The summed E-state index contributed by atoms with van der Waals surface area (Å²) in [4.78, 5) is 22.6. The van der Waals surface area contributed by atoms with Crippen LogP contribution in [0.15, 0.2) is 42.5 Å². The van der Waals surface area contributed by atoms with Crippen LogP contribution in [-0.4, -0.2) is 56.9 Å². The van der Waals surface area contributed by atoms with Crippen LogP contribution < -0.4 is 5.32 Å². The number of amides is 2. The number of halogens is 2. The Kier molecular flexibility index (Phi) is 6.00. The molecule has 9 heteroatoms. The molecule has 5 rings (SSSR count). The first-order valence-electron chi connectivity index (χ1n) is 11.3. The molecule has 1 fully saturated rings. The van der Waals surface area contributed by atoms with Crippen molar-refractivity contribution in [1.29, 1.82) is 0 Å². The van der Waals surface area contributed by atoms with Crippen LogP contribution in [0.25, 0.3) is 26.4 Å². The summed E-state index contributed by atoms with van der Waals surface area (Å²) >= 11 is 7.82. The Morgan fingerprint density at radius 3 is 2.50 bits per heavy atom. The van der Waals surface area contributed by atoms with Gasteiger partial charge in [-0.1, -0.05) is 22.9 Å². The Morgan fingerprint density at radius 2 is 1.82 bits per heavy atom. The van der Waals surface area contributed by atoms with Crippen molar-refractivity contribution >= 4 is 44.1 Å². The first-order chi connectivity index (χ1) is 16.2. The number of urea groups is 1. The summed E-state index contributed by atoms with van der Waals surface area (Å²) in [6.45, 7) is 9.50. The molecule has 1 aliphatic rings. The number of piperazine rings is 1. The van der Waals surface area contributed by atoms with Gasteiger partial charge in [-0.15, -0.1) is 0 Å². The number of fused-ring (bicyclic) bond motifs is 3. The van der Waals surface area contributed by atoms with Crippen molar-refractivity contribution in [2.45, 2.75) is 32.9 Å². The predicted molar refractivity (Wildman–Crippen MR) is 136 cm³/mol. The van der Waals surface area contributed by atoms with Gasteiger partial charge in [0.2, 0.25) is 0 Å². The maximum Gasteiger partial charge on any atom is 0.317 e. The summed E-state index contributed by atoms with van der Waals surface area (Å²) in [5.41, 5.74) is 3.60. The number of benzene rings is 2. The molecule has 0 aliphatic carbocycles. The highest BCUT2D eigenvalue weighted by atomic mass is 35.5. The molecule has 6 nitrogen and oxygen atoms in total. The summed E-state index contributed by atoms with van der Waals surface area (Å²) in [7, 11) is 0. The summed E-state index contributed by atoms with van der Waals surface area (Å²) < 4.78 is 16.9. The summed E-state index contributed by atoms with van der Waals surface area (Å²) in [5.74, 6) is -0.268. The van der Waals surface area contributed by atoms with Crippen molar-refractivity contribution < 1.29 is 9.18 Å². The van der Waals surface area contributed by atoms with Gasteiger partial charge >= 0.3 is 6.03 Å². The standard InChI is InChI=1S/C25H27ClFN5OS/c1-25(2,3)29-23(33)31-12-10-30(11-13-31)15-20-22(16-4-7-18(27)8-5-16)28-24-32(20)19-9-6-17(26)14-21(19)34-24/h4-9,14H,10-13,15H2,1-3H3,(H,29,33). The van der Waals surface area contributed by atoms with Crippen LogP contribution in [0.1, 0.15) is 26.5 Å². The number of aromatic nitrogens is 2. The molecule has 34 heavy (non-hydrogen) atoms. The van der Waals surface area contributed by atoms with Crippen LogP contribution in [0.4, 0.5) is 9.18 Å². The first kappa shape index (κ1) is 23.1. The number of carbonyl (C=O) groups is 1. The van der Waals surface area contributed by atoms with E-state index in [2.05, 4.69) is 14.6 Å². The maximum atomic E-state index is 13.6. The van der Waals surface area contributed by atoms with E-state index in [4.69, 9.17) is 16.6 Å². The second-order valence-corrected chi connectivity index (χ2v) is 11.1. The molecule has 2 amide bonds. The van der Waals surface area contributed by atoms with E-state index in [1.807, 2.05) is 43.9 Å². The summed E-state index contributed by atoms with van der Waals surface area (Å²) in [5, 5.41) is 3.74. The lowest BCUT2D eigenvalue weighted by atomic mass is 10.1. The van der Waals surface area contributed by atoms with Gasteiger partial charge in [0, 0.05) is 48.8 Å². The van der Waals surface area contributed by atoms with Crippen LogP contribution in [0.2, 0.25) is 5.02 Å². The Morgan fingerprint density at radius 1 is 1.12 bits per heavy atom. The zero-order chi connectivity index (χ0) is 24.0. The molecule has 0 radical (unpaired) electrons. The third-order valence-electron chi connectivity index (χ3n) is 5.94. The minimum absolute atomic E-state index is 0.0217. The zero-order valence-corrected chi connectivity index (χ0v) is 21.0. The summed E-state index contributed by atoms with van der Waals surface area (Å²) in [6.07, 6.45) is 0. The normalized spacial score (nSPS) is 15.4. The molecule has 2 aromatic heterocycles.